The van der Waals surface area contributed by atoms with E-state index in [1.54, 1.807) is 12.3 Å². The Morgan fingerprint density at radius 3 is 3.00 bits per heavy atom. The Labute approximate surface area is 54.5 Å². The highest BCUT2D eigenvalue weighted by Gasteiger charge is 1.99. The molecule has 0 saturated heterocycles. The Hall–Kier alpha value is -1.23. The summed E-state index contributed by atoms with van der Waals surface area (Å²) in [5, 5.41) is 11.5. The third kappa shape index (κ3) is 1.11. The summed E-state index contributed by atoms with van der Waals surface area (Å²) in [5.74, 6) is 0. The predicted molar refractivity (Wildman–Crippen MR) is 35.5 cm³/mol. The molecule has 0 aromatic rings. The van der Waals surface area contributed by atoms with Crippen molar-refractivity contribution in [1.82, 2.24) is 5.32 Å². The molecule has 0 fully saturated rings. The lowest BCUT2D eigenvalue weighted by Crippen LogP contribution is -2.12. The number of rotatable bonds is 0. The fraction of sp³-hybridized carbons (Fsp3) is 0.286. The Kier molecular flexibility index (Phi) is 1.55. The fourth-order valence-electron chi connectivity index (χ4n) is 0.724. The van der Waals surface area contributed by atoms with Crippen LogP contribution in [0.5, 0.6) is 0 Å². The van der Waals surface area contributed by atoms with E-state index < -0.39 is 0 Å². The Morgan fingerprint density at radius 1 is 1.78 bits per heavy atom. The second-order valence-electron chi connectivity index (χ2n) is 2.02. The Bertz CT molecular complexity index is 205. The van der Waals surface area contributed by atoms with E-state index in [0.717, 1.165) is 17.7 Å². The summed E-state index contributed by atoms with van der Waals surface area (Å²) in [6, 6.07) is 2.11. The molecular formula is C7H8N2. The van der Waals surface area contributed by atoms with Gasteiger partial charge in [0.15, 0.2) is 0 Å². The normalized spacial score (nSPS) is 16.9. The van der Waals surface area contributed by atoms with E-state index >= 15 is 0 Å². The third-order valence-electron chi connectivity index (χ3n) is 1.32. The van der Waals surface area contributed by atoms with Gasteiger partial charge in [-0.25, -0.2) is 0 Å². The van der Waals surface area contributed by atoms with Crippen LogP contribution in [0, 0.1) is 11.3 Å². The molecule has 0 amide bonds. The van der Waals surface area contributed by atoms with Crippen molar-refractivity contribution < 1.29 is 0 Å². The highest BCUT2D eigenvalue weighted by atomic mass is 14.8. The standard InChI is InChI=1S/C7H8N2/c1-6-5-9-3-2-7(6)4-8/h2-3,9H,5H2,1H3. The van der Waals surface area contributed by atoms with Gasteiger partial charge in [0, 0.05) is 6.54 Å². The van der Waals surface area contributed by atoms with Gasteiger partial charge < -0.3 is 5.32 Å². The van der Waals surface area contributed by atoms with Crippen molar-refractivity contribution >= 4 is 0 Å². The van der Waals surface area contributed by atoms with Crippen molar-refractivity contribution in [2.75, 3.05) is 6.54 Å². The summed E-state index contributed by atoms with van der Waals surface area (Å²) < 4.78 is 0. The van der Waals surface area contributed by atoms with E-state index in [-0.39, 0.29) is 0 Å². The number of allylic oxidation sites excluding steroid dienone is 2. The van der Waals surface area contributed by atoms with Gasteiger partial charge in [-0.05, 0) is 24.8 Å². The van der Waals surface area contributed by atoms with Crippen LogP contribution in [0.3, 0.4) is 0 Å². The summed E-state index contributed by atoms with van der Waals surface area (Å²) in [7, 11) is 0. The van der Waals surface area contributed by atoms with Crippen molar-refractivity contribution in [3.63, 3.8) is 0 Å². The fourth-order valence-corrected chi connectivity index (χ4v) is 0.724. The van der Waals surface area contributed by atoms with Gasteiger partial charge >= 0.3 is 0 Å². The first-order valence-corrected chi connectivity index (χ1v) is 2.84. The lowest BCUT2D eigenvalue weighted by Gasteiger charge is -2.06. The second-order valence-corrected chi connectivity index (χ2v) is 2.02. The molecule has 1 aliphatic rings. The van der Waals surface area contributed by atoms with Crippen LogP contribution in [0.4, 0.5) is 0 Å². The maximum atomic E-state index is 8.47. The third-order valence-corrected chi connectivity index (χ3v) is 1.32. The van der Waals surface area contributed by atoms with Crippen molar-refractivity contribution in [2.45, 2.75) is 6.92 Å². The molecule has 1 aliphatic heterocycles. The van der Waals surface area contributed by atoms with Crippen LogP contribution in [-0.4, -0.2) is 6.54 Å². The maximum absolute atomic E-state index is 8.47. The van der Waals surface area contributed by atoms with Gasteiger partial charge in [0.05, 0.1) is 11.6 Å². The van der Waals surface area contributed by atoms with Crippen LogP contribution < -0.4 is 5.32 Å². The lowest BCUT2D eigenvalue weighted by molar-refractivity contribution is 0.911. The summed E-state index contributed by atoms with van der Waals surface area (Å²) >= 11 is 0. The van der Waals surface area contributed by atoms with E-state index in [1.807, 2.05) is 6.92 Å². The van der Waals surface area contributed by atoms with Crippen LogP contribution in [0.25, 0.3) is 0 Å². The van der Waals surface area contributed by atoms with Gasteiger partial charge in [-0.15, -0.1) is 0 Å². The van der Waals surface area contributed by atoms with E-state index in [9.17, 15) is 0 Å². The first-order valence-electron chi connectivity index (χ1n) is 2.84. The molecule has 0 aromatic carbocycles. The smallest absolute Gasteiger partial charge is 0.0992 e. The predicted octanol–water partition coefficient (Wildman–Crippen LogP) is 0.943. The van der Waals surface area contributed by atoms with Gasteiger partial charge in [-0.3, -0.25) is 0 Å². The Morgan fingerprint density at radius 2 is 2.56 bits per heavy atom. The topological polar surface area (TPSA) is 35.8 Å². The van der Waals surface area contributed by atoms with Crippen LogP contribution in [-0.2, 0) is 0 Å². The first kappa shape index (κ1) is 5.90. The minimum absolute atomic E-state index is 0.786. The molecule has 0 atom stereocenters. The number of nitrogens with zero attached hydrogens (tertiary/aromatic N) is 1. The minimum atomic E-state index is 0.786. The number of nitrogens with one attached hydrogen (secondary N) is 1. The summed E-state index contributed by atoms with van der Waals surface area (Å²) in [6.45, 7) is 2.76. The summed E-state index contributed by atoms with van der Waals surface area (Å²) in [4.78, 5) is 0. The van der Waals surface area contributed by atoms with Crippen molar-refractivity contribution in [3.8, 4) is 6.07 Å². The number of hydrogen-bond donors (Lipinski definition) is 1. The first-order chi connectivity index (χ1) is 4.34. The zero-order valence-corrected chi connectivity index (χ0v) is 5.31. The molecule has 0 radical (unpaired) electrons. The van der Waals surface area contributed by atoms with Crippen molar-refractivity contribution in [2.24, 2.45) is 0 Å². The van der Waals surface area contributed by atoms with Gasteiger partial charge in [-0.1, -0.05) is 0 Å². The molecule has 0 unspecified atom stereocenters. The average molecular weight is 120 g/mol. The maximum Gasteiger partial charge on any atom is 0.0992 e. The molecule has 1 rings (SSSR count). The zero-order chi connectivity index (χ0) is 6.69. The van der Waals surface area contributed by atoms with Gasteiger partial charge in [0.25, 0.3) is 0 Å². The van der Waals surface area contributed by atoms with E-state index in [2.05, 4.69) is 11.4 Å². The van der Waals surface area contributed by atoms with Gasteiger partial charge in [0.1, 0.15) is 0 Å². The Balaban J connectivity index is 2.88. The summed E-state index contributed by atoms with van der Waals surface area (Å²) in [5.41, 5.74) is 1.90. The molecular weight excluding hydrogens is 112 g/mol. The molecule has 2 nitrogen and oxygen atoms in total. The van der Waals surface area contributed by atoms with E-state index in [1.165, 1.54) is 0 Å². The van der Waals surface area contributed by atoms with Crippen LogP contribution in [0.1, 0.15) is 6.92 Å². The molecule has 0 spiro atoms. The highest BCUT2D eigenvalue weighted by molar-refractivity contribution is 5.39. The summed E-state index contributed by atoms with van der Waals surface area (Å²) in [6.07, 6.45) is 3.59. The molecule has 0 saturated carbocycles. The SMILES string of the molecule is CC1=C(C#N)C=CNC1. The van der Waals surface area contributed by atoms with Crippen molar-refractivity contribution in [1.29, 1.82) is 5.26 Å². The van der Waals surface area contributed by atoms with Crippen LogP contribution in [0.15, 0.2) is 23.4 Å². The highest BCUT2D eigenvalue weighted by Crippen LogP contribution is 2.06. The second kappa shape index (κ2) is 2.36. The molecule has 9 heavy (non-hydrogen) atoms. The van der Waals surface area contributed by atoms with Crippen LogP contribution >= 0.6 is 0 Å². The molecule has 2 heteroatoms. The lowest BCUT2D eigenvalue weighted by atomic mass is 10.1. The number of nitriles is 1. The van der Waals surface area contributed by atoms with Crippen molar-refractivity contribution in [3.05, 3.63) is 23.4 Å². The average Bonchev–Trinajstić information content (AvgIpc) is 1.89. The molecule has 0 bridgehead atoms. The molecule has 0 aliphatic carbocycles. The van der Waals surface area contributed by atoms with E-state index in [4.69, 9.17) is 5.26 Å². The molecule has 46 valence electrons. The number of hydrogen-bond acceptors (Lipinski definition) is 2. The quantitative estimate of drug-likeness (QED) is 0.516. The monoisotopic (exact) mass is 120 g/mol. The molecule has 1 heterocycles. The van der Waals surface area contributed by atoms with E-state index in [0.29, 0.717) is 0 Å². The molecule has 0 aromatic heterocycles. The largest absolute Gasteiger partial charge is 0.387 e. The van der Waals surface area contributed by atoms with Gasteiger partial charge in [-0.2, -0.15) is 5.26 Å². The zero-order valence-electron chi connectivity index (χ0n) is 5.31. The van der Waals surface area contributed by atoms with Gasteiger partial charge in [0.2, 0.25) is 0 Å². The molecule has 1 N–H and O–H groups in total. The number of dihydropyridines is 1. The van der Waals surface area contributed by atoms with Crippen LogP contribution in [0.2, 0.25) is 0 Å². The minimum Gasteiger partial charge on any atom is -0.387 e.